The van der Waals surface area contributed by atoms with E-state index in [0.717, 1.165) is 55.4 Å². The zero-order valence-electron chi connectivity index (χ0n) is 17.7. The maximum atomic E-state index is 10.3. The molecular weight excluding hydrogens is 388 g/mol. The van der Waals surface area contributed by atoms with Crippen molar-refractivity contribution in [3.05, 3.63) is 30.0 Å². The lowest BCUT2D eigenvalue weighted by atomic mass is 9.99. The van der Waals surface area contributed by atoms with Gasteiger partial charge in [0.2, 0.25) is 6.29 Å². The number of hydrogen-bond acceptors (Lipinski definition) is 7. The summed E-state index contributed by atoms with van der Waals surface area (Å²) in [5.74, 6) is 0.519. The molecule has 30 heavy (non-hydrogen) atoms. The van der Waals surface area contributed by atoms with Crippen LogP contribution in [0.5, 0.6) is 5.75 Å². The first-order valence-electron chi connectivity index (χ1n) is 10.8. The van der Waals surface area contributed by atoms with Crippen molar-refractivity contribution < 1.29 is 29.9 Å². The van der Waals surface area contributed by atoms with Crippen LogP contribution in [0.1, 0.15) is 32.3 Å². The summed E-state index contributed by atoms with van der Waals surface area (Å²) in [6, 6.07) is 5.58. The topological polar surface area (TPSA) is 118 Å². The fourth-order valence-corrected chi connectivity index (χ4v) is 4.05. The number of aliphatic hydroxyl groups is 4. The summed E-state index contributed by atoms with van der Waals surface area (Å²) in [7, 11) is 0. The number of rotatable bonds is 10. The third-order valence-corrected chi connectivity index (χ3v) is 5.62. The second-order valence-corrected chi connectivity index (χ2v) is 7.90. The van der Waals surface area contributed by atoms with Gasteiger partial charge in [-0.3, -0.25) is 0 Å². The van der Waals surface area contributed by atoms with Crippen LogP contribution in [0.2, 0.25) is 0 Å². The quantitative estimate of drug-likeness (QED) is 0.388. The zero-order chi connectivity index (χ0) is 21.7. The Hall–Kier alpha value is -1.68. The Morgan fingerprint density at radius 3 is 2.43 bits per heavy atom. The lowest BCUT2D eigenvalue weighted by molar-refractivity contribution is -0.277. The number of aromatic nitrogens is 1. The number of ether oxygens (including phenoxy) is 2. The Balaban J connectivity index is 1.80. The second-order valence-electron chi connectivity index (χ2n) is 7.90. The largest absolute Gasteiger partial charge is 0.461 e. The molecule has 1 saturated heterocycles. The lowest BCUT2D eigenvalue weighted by Gasteiger charge is -2.39. The first kappa shape index (κ1) is 23.0. The molecule has 0 amide bonds. The van der Waals surface area contributed by atoms with Crippen LogP contribution in [0.3, 0.4) is 0 Å². The number of aliphatic hydroxyl groups excluding tert-OH is 4. The Morgan fingerprint density at radius 2 is 1.77 bits per heavy atom. The van der Waals surface area contributed by atoms with Crippen LogP contribution in [0.4, 0.5) is 0 Å². The van der Waals surface area contributed by atoms with Crippen LogP contribution >= 0.6 is 0 Å². The first-order chi connectivity index (χ1) is 14.5. The van der Waals surface area contributed by atoms with Crippen molar-refractivity contribution in [3.63, 3.8) is 0 Å². The van der Waals surface area contributed by atoms with Gasteiger partial charge in [-0.05, 0) is 50.0 Å². The lowest BCUT2D eigenvalue weighted by Crippen LogP contribution is -2.60. The SMILES string of the molecule is CCCN(CCC)CCc1c[nH]c2cccc(O[C@H]3O[C@H](CO)[C@@H](O)[C@H](O)[C@H]3O)c12. The van der Waals surface area contributed by atoms with Crippen molar-refractivity contribution in [1.82, 2.24) is 9.88 Å². The summed E-state index contributed by atoms with van der Waals surface area (Å²) in [4.78, 5) is 5.71. The van der Waals surface area contributed by atoms with Crippen LogP contribution in [0.15, 0.2) is 24.4 Å². The number of fused-ring (bicyclic) bond motifs is 1. The van der Waals surface area contributed by atoms with Crippen molar-refractivity contribution in [2.45, 2.75) is 63.8 Å². The minimum atomic E-state index is -1.47. The van der Waals surface area contributed by atoms with Gasteiger partial charge in [0.15, 0.2) is 0 Å². The molecule has 0 aliphatic carbocycles. The highest BCUT2D eigenvalue weighted by molar-refractivity contribution is 5.89. The number of nitrogens with one attached hydrogen (secondary N) is 1. The molecule has 5 N–H and O–H groups in total. The molecule has 2 aromatic rings. The van der Waals surface area contributed by atoms with E-state index in [1.54, 1.807) is 6.07 Å². The van der Waals surface area contributed by atoms with E-state index in [0.29, 0.717) is 5.75 Å². The molecule has 8 nitrogen and oxygen atoms in total. The Labute approximate surface area is 177 Å². The highest BCUT2D eigenvalue weighted by Gasteiger charge is 2.44. The Kier molecular flexibility index (Phi) is 8.10. The minimum absolute atomic E-state index is 0.491. The van der Waals surface area contributed by atoms with E-state index in [1.165, 1.54) is 0 Å². The van der Waals surface area contributed by atoms with Crippen LogP contribution in [-0.2, 0) is 11.2 Å². The molecule has 1 aromatic heterocycles. The standard InChI is InChI=1S/C22H34N2O6/c1-3-9-24(10-4-2)11-8-14-12-23-15-6-5-7-16(18(14)15)29-22-21(28)20(27)19(26)17(13-25)30-22/h5-7,12,17,19-23,25-28H,3-4,8-11,13H2,1-2H3/t17-,19-,20+,21-,22+/m1/s1. The number of aromatic amines is 1. The van der Waals surface area contributed by atoms with Crippen LogP contribution in [0, 0.1) is 0 Å². The maximum absolute atomic E-state index is 10.3. The average Bonchev–Trinajstić information content (AvgIpc) is 3.17. The summed E-state index contributed by atoms with van der Waals surface area (Å²) in [5, 5.41) is 40.6. The predicted octanol–water partition coefficient (Wildman–Crippen LogP) is 1.01. The molecule has 0 spiro atoms. The molecule has 1 aromatic carbocycles. The van der Waals surface area contributed by atoms with Gasteiger partial charge in [0, 0.05) is 23.6 Å². The maximum Gasteiger partial charge on any atom is 0.229 e. The molecule has 3 rings (SSSR count). The smallest absolute Gasteiger partial charge is 0.229 e. The van der Waals surface area contributed by atoms with E-state index in [-0.39, 0.29) is 0 Å². The molecule has 168 valence electrons. The summed E-state index contributed by atoms with van der Waals surface area (Å²) < 4.78 is 11.5. The van der Waals surface area contributed by atoms with E-state index in [4.69, 9.17) is 9.47 Å². The third-order valence-electron chi connectivity index (χ3n) is 5.62. The Bertz CT molecular complexity index is 789. The Morgan fingerprint density at radius 1 is 1.03 bits per heavy atom. The first-order valence-corrected chi connectivity index (χ1v) is 10.8. The fraction of sp³-hybridized carbons (Fsp3) is 0.636. The molecule has 8 heteroatoms. The van der Waals surface area contributed by atoms with Gasteiger partial charge in [-0.2, -0.15) is 0 Å². The molecule has 0 bridgehead atoms. The fourth-order valence-electron chi connectivity index (χ4n) is 4.05. The summed E-state index contributed by atoms with van der Waals surface area (Å²) in [5.41, 5.74) is 2.01. The van der Waals surface area contributed by atoms with Gasteiger partial charge in [-0.25, -0.2) is 0 Å². The van der Waals surface area contributed by atoms with Gasteiger partial charge in [-0.1, -0.05) is 19.9 Å². The van der Waals surface area contributed by atoms with Gasteiger partial charge in [0.1, 0.15) is 30.2 Å². The van der Waals surface area contributed by atoms with E-state index in [1.807, 2.05) is 18.3 Å². The van der Waals surface area contributed by atoms with Crippen molar-refractivity contribution in [3.8, 4) is 5.75 Å². The molecule has 1 aliphatic rings. The molecule has 0 radical (unpaired) electrons. The van der Waals surface area contributed by atoms with Crippen LogP contribution in [0.25, 0.3) is 10.9 Å². The number of benzene rings is 1. The molecule has 2 heterocycles. The average molecular weight is 423 g/mol. The predicted molar refractivity (Wildman–Crippen MR) is 113 cm³/mol. The van der Waals surface area contributed by atoms with E-state index in [2.05, 4.69) is 23.7 Å². The van der Waals surface area contributed by atoms with E-state index < -0.39 is 37.3 Å². The van der Waals surface area contributed by atoms with Crippen LogP contribution < -0.4 is 4.74 Å². The van der Waals surface area contributed by atoms with Crippen molar-refractivity contribution in [2.24, 2.45) is 0 Å². The summed E-state index contributed by atoms with van der Waals surface area (Å²) in [6.07, 6.45) is -1.49. The summed E-state index contributed by atoms with van der Waals surface area (Å²) in [6.45, 7) is 6.93. The molecule has 5 atom stereocenters. The summed E-state index contributed by atoms with van der Waals surface area (Å²) >= 11 is 0. The minimum Gasteiger partial charge on any atom is -0.461 e. The van der Waals surface area contributed by atoms with Crippen molar-refractivity contribution >= 4 is 10.9 Å². The van der Waals surface area contributed by atoms with Gasteiger partial charge in [-0.15, -0.1) is 0 Å². The molecule has 0 saturated carbocycles. The second kappa shape index (κ2) is 10.6. The van der Waals surface area contributed by atoms with Gasteiger partial charge in [0.25, 0.3) is 0 Å². The zero-order valence-corrected chi connectivity index (χ0v) is 17.7. The number of H-pyrrole nitrogens is 1. The monoisotopic (exact) mass is 422 g/mol. The third kappa shape index (κ3) is 4.96. The molecule has 1 aliphatic heterocycles. The van der Waals surface area contributed by atoms with Gasteiger partial charge < -0.3 is 39.8 Å². The molecular formula is C22H34N2O6. The van der Waals surface area contributed by atoms with E-state index in [9.17, 15) is 20.4 Å². The normalized spacial score (nSPS) is 27.1. The highest BCUT2D eigenvalue weighted by Crippen LogP contribution is 2.32. The number of hydrogen-bond donors (Lipinski definition) is 5. The number of nitrogens with zero attached hydrogens (tertiary/aromatic N) is 1. The van der Waals surface area contributed by atoms with Crippen molar-refractivity contribution in [1.29, 1.82) is 0 Å². The molecule has 1 fully saturated rings. The van der Waals surface area contributed by atoms with Crippen LogP contribution in [-0.4, -0.2) is 87.3 Å². The van der Waals surface area contributed by atoms with Gasteiger partial charge in [0.05, 0.1) is 6.61 Å². The van der Waals surface area contributed by atoms with E-state index >= 15 is 0 Å². The van der Waals surface area contributed by atoms with Crippen molar-refractivity contribution in [2.75, 3.05) is 26.2 Å². The highest BCUT2D eigenvalue weighted by atomic mass is 16.7. The molecule has 0 unspecified atom stereocenters. The van der Waals surface area contributed by atoms with Gasteiger partial charge >= 0.3 is 0 Å².